The number of halogens is 1. The normalized spacial score (nSPS) is 14.4. The first-order chi connectivity index (χ1) is 9.69. The summed E-state index contributed by atoms with van der Waals surface area (Å²) in [6.07, 6.45) is 6.98. The molecule has 0 bridgehead atoms. The van der Waals surface area contributed by atoms with Crippen molar-refractivity contribution >= 4 is 34.4 Å². The third-order valence-electron chi connectivity index (χ3n) is 3.46. The van der Waals surface area contributed by atoms with E-state index in [1.165, 1.54) is 14.7 Å². The molecule has 1 heterocycles. The predicted octanol–water partition coefficient (Wildman–Crippen LogP) is 4.32. The Kier molecular flexibility index (Phi) is 5.46. The van der Waals surface area contributed by atoms with Crippen LogP contribution in [0.25, 0.3) is 0 Å². The van der Waals surface area contributed by atoms with Gasteiger partial charge in [-0.3, -0.25) is 4.90 Å². The summed E-state index contributed by atoms with van der Waals surface area (Å²) in [5.74, 6) is 0. The molecule has 0 unspecified atom stereocenters. The molecule has 0 atom stereocenters. The molecule has 0 fully saturated rings. The first kappa shape index (κ1) is 15.4. The highest BCUT2D eigenvalue weighted by atomic mass is 127. The summed E-state index contributed by atoms with van der Waals surface area (Å²) in [5, 5.41) is 0. The van der Waals surface area contributed by atoms with E-state index in [0.29, 0.717) is 6.61 Å². The van der Waals surface area contributed by atoms with Gasteiger partial charge in [-0.2, -0.15) is 0 Å². The Morgan fingerprint density at radius 3 is 3.00 bits per heavy atom. The lowest BCUT2D eigenvalue weighted by Crippen LogP contribution is -2.36. The molecule has 0 aliphatic carbocycles. The molecule has 3 nitrogen and oxygen atoms in total. The summed E-state index contributed by atoms with van der Waals surface area (Å²) in [6.45, 7) is 5.04. The van der Waals surface area contributed by atoms with Crippen LogP contribution in [0.1, 0.15) is 31.4 Å². The fraction of sp³-hybridized carbons (Fsp3) is 0.438. The molecule has 1 aliphatic heterocycles. The fourth-order valence-corrected chi connectivity index (χ4v) is 3.42. The second-order valence-electron chi connectivity index (χ2n) is 4.76. The zero-order valence-corrected chi connectivity index (χ0v) is 14.1. The van der Waals surface area contributed by atoms with Crippen molar-refractivity contribution in [2.75, 3.05) is 18.1 Å². The van der Waals surface area contributed by atoms with E-state index < -0.39 is 0 Å². The molecule has 1 aliphatic rings. The number of rotatable bonds is 3. The number of nitrogens with zero attached hydrogens (tertiary/aromatic N) is 1. The number of anilines is 1. The SMILES string of the molecule is CC=CCc1ccc2c(c1I)CCCN2C(=O)OCC. The lowest BCUT2D eigenvalue weighted by atomic mass is 9.98. The lowest BCUT2D eigenvalue weighted by Gasteiger charge is -2.30. The molecule has 20 heavy (non-hydrogen) atoms. The third kappa shape index (κ3) is 3.16. The standard InChI is InChI=1S/C16H20INO2/c1-3-5-7-12-9-10-14-13(15(12)17)8-6-11-18(14)16(19)20-4-2/h3,5,9-10H,4,6-8,11H2,1-2H3. The average Bonchev–Trinajstić information content (AvgIpc) is 2.46. The molecule has 0 saturated heterocycles. The van der Waals surface area contributed by atoms with Gasteiger partial charge in [0.25, 0.3) is 0 Å². The number of carbonyl (C=O) groups is 1. The average molecular weight is 385 g/mol. The van der Waals surface area contributed by atoms with Crippen LogP contribution in [0.2, 0.25) is 0 Å². The number of hydrogen-bond donors (Lipinski definition) is 0. The van der Waals surface area contributed by atoms with Crippen molar-refractivity contribution in [2.45, 2.75) is 33.1 Å². The van der Waals surface area contributed by atoms with Crippen LogP contribution in [0.4, 0.5) is 10.5 Å². The quantitative estimate of drug-likeness (QED) is 0.573. The molecular weight excluding hydrogens is 365 g/mol. The molecule has 4 heteroatoms. The van der Waals surface area contributed by atoms with Crippen molar-refractivity contribution < 1.29 is 9.53 Å². The van der Waals surface area contributed by atoms with E-state index in [0.717, 1.165) is 31.5 Å². The van der Waals surface area contributed by atoms with Crippen LogP contribution in [0.3, 0.4) is 0 Å². The van der Waals surface area contributed by atoms with Crippen LogP contribution in [0.15, 0.2) is 24.3 Å². The second kappa shape index (κ2) is 7.11. The molecule has 1 aromatic carbocycles. The highest BCUT2D eigenvalue weighted by Gasteiger charge is 2.25. The van der Waals surface area contributed by atoms with Gasteiger partial charge in [-0.15, -0.1) is 0 Å². The van der Waals surface area contributed by atoms with E-state index in [4.69, 9.17) is 4.74 Å². The topological polar surface area (TPSA) is 29.5 Å². The van der Waals surface area contributed by atoms with Gasteiger partial charge in [-0.1, -0.05) is 18.2 Å². The zero-order valence-electron chi connectivity index (χ0n) is 12.0. The minimum atomic E-state index is -0.231. The molecule has 0 N–H and O–H groups in total. The molecule has 1 amide bonds. The van der Waals surface area contributed by atoms with Crippen LogP contribution in [-0.2, 0) is 17.6 Å². The van der Waals surface area contributed by atoms with Crippen molar-refractivity contribution in [3.05, 3.63) is 39.0 Å². The molecule has 0 aromatic heterocycles. The first-order valence-electron chi connectivity index (χ1n) is 7.04. The lowest BCUT2D eigenvalue weighted by molar-refractivity contribution is 0.159. The maximum Gasteiger partial charge on any atom is 0.414 e. The highest BCUT2D eigenvalue weighted by Crippen LogP contribution is 2.33. The van der Waals surface area contributed by atoms with Crippen molar-refractivity contribution in [1.29, 1.82) is 0 Å². The van der Waals surface area contributed by atoms with Gasteiger partial charge in [0.05, 0.1) is 12.3 Å². The van der Waals surface area contributed by atoms with E-state index >= 15 is 0 Å². The summed E-state index contributed by atoms with van der Waals surface area (Å²) in [6, 6.07) is 4.19. The van der Waals surface area contributed by atoms with Crippen molar-refractivity contribution in [2.24, 2.45) is 0 Å². The summed E-state index contributed by atoms with van der Waals surface area (Å²) in [7, 11) is 0. The summed E-state index contributed by atoms with van der Waals surface area (Å²) in [5.41, 5.74) is 3.63. The number of allylic oxidation sites excluding steroid dienone is 2. The number of amides is 1. The van der Waals surface area contributed by atoms with E-state index in [2.05, 4.69) is 46.9 Å². The number of benzene rings is 1. The Labute approximate surface area is 134 Å². The van der Waals surface area contributed by atoms with Crippen molar-refractivity contribution in [3.8, 4) is 0 Å². The maximum absolute atomic E-state index is 12.0. The van der Waals surface area contributed by atoms with Gasteiger partial charge in [-0.05, 0) is 72.9 Å². The monoisotopic (exact) mass is 385 g/mol. The van der Waals surface area contributed by atoms with E-state index in [-0.39, 0.29) is 6.09 Å². The molecule has 2 rings (SSSR count). The van der Waals surface area contributed by atoms with E-state index in [9.17, 15) is 4.79 Å². The first-order valence-corrected chi connectivity index (χ1v) is 8.12. The highest BCUT2D eigenvalue weighted by molar-refractivity contribution is 14.1. The van der Waals surface area contributed by atoms with Crippen molar-refractivity contribution in [1.82, 2.24) is 0 Å². The van der Waals surface area contributed by atoms with Gasteiger partial charge in [0.2, 0.25) is 0 Å². The summed E-state index contributed by atoms with van der Waals surface area (Å²) < 4.78 is 6.43. The van der Waals surface area contributed by atoms with Gasteiger partial charge in [0, 0.05) is 10.1 Å². The number of ether oxygens (including phenoxy) is 1. The second-order valence-corrected chi connectivity index (χ2v) is 5.84. The molecule has 108 valence electrons. The van der Waals surface area contributed by atoms with E-state index in [1.807, 2.05) is 13.8 Å². The number of hydrogen-bond acceptors (Lipinski definition) is 2. The van der Waals surface area contributed by atoms with Crippen LogP contribution < -0.4 is 4.90 Å². The smallest absolute Gasteiger partial charge is 0.414 e. The van der Waals surface area contributed by atoms with Gasteiger partial charge in [-0.25, -0.2) is 4.79 Å². The minimum absolute atomic E-state index is 0.231. The van der Waals surface area contributed by atoms with Gasteiger partial charge in [0.15, 0.2) is 0 Å². The van der Waals surface area contributed by atoms with Crippen LogP contribution in [-0.4, -0.2) is 19.2 Å². The molecule has 0 radical (unpaired) electrons. The van der Waals surface area contributed by atoms with Crippen LogP contribution >= 0.6 is 22.6 Å². The van der Waals surface area contributed by atoms with E-state index in [1.54, 1.807) is 4.90 Å². The van der Waals surface area contributed by atoms with Crippen molar-refractivity contribution in [3.63, 3.8) is 0 Å². The summed E-state index contributed by atoms with van der Waals surface area (Å²) in [4.78, 5) is 13.8. The minimum Gasteiger partial charge on any atom is -0.449 e. The Hall–Kier alpha value is -1.04. The molecule has 1 aromatic rings. The summed E-state index contributed by atoms with van der Waals surface area (Å²) >= 11 is 2.41. The largest absolute Gasteiger partial charge is 0.449 e. The zero-order chi connectivity index (χ0) is 14.5. The Morgan fingerprint density at radius 2 is 2.30 bits per heavy atom. The maximum atomic E-state index is 12.0. The Morgan fingerprint density at radius 1 is 1.50 bits per heavy atom. The predicted molar refractivity (Wildman–Crippen MR) is 90.4 cm³/mol. The van der Waals surface area contributed by atoms with Gasteiger partial charge in [0.1, 0.15) is 0 Å². The number of carbonyl (C=O) groups excluding carboxylic acids is 1. The van der Waals surface area contributed by atoms with Gasteiger partial charge < -0.3 is 4.74 Å². The fourth-order valence-electron chi connectivity index (χ4n) is 2.48. The van der Waals surface area contributed by atoms with Crippen LogP contribution in [0, 0.1) is 3.57 Å². The molecule has 0 saturated carbocycles. The van der Waals surface area contributed by atoms with Gasteiger partial charge >= 0.3 is 6.09 Å². The molecule has 0 spiro atoms. The van der Waals surface area contributed by atoms with Crippen LogP contribution in [0.5, 0.6) is 0 Å². The molecular formula is C16H20INO2. The third-order valence-corrected chi connectivity index (χ3v) is 4.80. The Bertz CT molecular complexity index is 525. The Balaban J connectivity index is 2.34. The number of fused-ring (bicyclic) bond motifs is 1.